The van der Waals surface area contributed by atoms with Crippen LogP contribution < -0.4 is 10.4 Å². The van der Waals surface area contributed by atoms with Crippen molar-refractivity contribution in [1.82, 2.24) is 9.71 Å². The van der Waals surface area contributed by atoms with Gasteiger partial charge in [0.15, 0.2) is 0 Å². The topological polar surface area (TPSA) is 71.1 Å². The van der Waals surface area contributed by atoms with Gasteiger partial charge in [0.2, 0.25) is 5.88 Å². The monoisotopic (exact) mass is 183 g/mol. The molecule has 5 nitrogen and oxygen atoms in total. The van der Waals surface area contributed by atoms with Crippen LogP contribution in [-0.2, 0) is 0 Å². The second-order valence-electron chi connectivity index (χ2n) is 2.72. The van der Waals surface area contributed by atoms with E-state index in [-0.39, 0.29) is 5.62 Å². The average molecular weight is 183 g/mol. The minimum Gasteiger partial charge on any atom is -0.478 e. The SMILES string of the molecule is CCCOc1cc(C)n(O)c(=N)n1. The summed E-state index contributed by atoms with van der Waals surface area (Å²) in [4.78, 5) is 3.73. The molecule has 0 unspecified atom stereocenters. The summed E-state index contributed by atoms with van der Waals surface area (Å²) in [5.74, 6) is 0.384. The molecule has 1 aromatic heterocycles. The Morgan fingerprint density at radius 2 is 2.38 bits per heavy atom. The number of aryl methyl sites for hydroxylation is 1. The van der Waals surface area contributed by atoms with Crippen LogP contribution in [0, 0.1) is 12.3 Å². The van der Waals surface area contributed by atoms with E-state index in [2.05, 4.69) is 4.98 Å². The molecule has 0 saturated carbocycles. The fraction of sp³-hybridized carbons (Fsp3) is 0.500. The van der Waals surface area contributed by atoms with Gasteiger partial charge in [0.1, 0.15) is 0 Å². The fourth-order valence-electron chi connectivity index (χ4n) is 0.871. The van der Waals surface area contributed by atoms with Crippen molar-refractivity contribution in [3.05, 3.63) is 17.4 Å². The van der Waals surface area contributed by atoms with Crippen molar-refractivity contribution in [2.24, 2.45) is 0 Å². The molecule has 1 aromatic rings. The van der Waals surface area contributed by atoms with Gasteiger partial charge >= 0.3 is 0 Å². The van der Waals surface area contributed by atoms with Crippen LogP contribution in [0.3, 0.4) is 0 Å². The zero-order valence-corrected chi connectivity index (χ0v) is 7.74. The van der Waals surface area contributed by atoms with Crippen LogP contribution in [0.2, 0.25) is 0 Å². The maximum atomic E-state index is 9.17. The quantitative estimate of drug-likeness (QED) is 0.677. The third-order valence-electron chi connectivity index (χ3n) is 1.54. The van der Waals surface area contributed by atoms with Crippen molar-refractivity contribution in [2.75, 3.05) is 6.61 Å². The van der Waals surface area contributed by atoms with Gasteiger partial charge in [-0.25, -0.2) is 0 Å². The lowest BCUT2D eigenvalue weighted by molar-refractivity contribution is 0.155. The minimum absolute atomic E-state index is 0.217. The number of nitrogens with one attached hydrogen (secondary N) is 1. The van der Waals surface area contributed by atoms with Gasteiger partial charge in [-0.2, -0.15) is 9.71 Å². The van der Waals surface area contributed by atoms with Crippen LogP contribution in [0.25, 0.3) is 0 Å². The highest BCUT2D eigenvalue weighted by molar-refractivity contribution is 5.12. The Balaban J connectivity index is 2.93. The molecule has 0 atom stereocenters. The van der Waals surface area contributed by atoms with Gasteiger partial charge in [-0.3, -0.25) is 5.41 Å². The first-order valence-electron chi connectivity index (χ1n) is 4.12. The largest absolute Gasteiger partial charge is 0.478 e. The summed E-state index contributed by atoms with van der Waals surface area (Å²) in [6.45, 7) is 4.24. The molecule has 13 heavy (non-hydrogen) atoms. The Morgan fingerprint density at radius 3 is 2.92 bits per heavy atom. The van der Waals surface area contributed by atoms with E-state index < -0.39 is 0 Å². The van der Waals surface area contributed by atoms with E-state index in [4.69, 9.17) is 15.4 Å². The molecule has 0 saturated heterocycles. The van der Waals surface area contributed by atoms with Crippen molar-refractivity contribution in [3.8, 4) is 5.88 Å². The zero-order valence-electron chi connectivity index (χ0n) is 7.74. The number of aromatic nitrogens is 2. The summed E-state index contributed by atoms with van der Waals surface area (Å²) in [5.41, 5.74) is 0.317. The molecule has 0 aliphatic rings. The summed E-state index contributed by atoms with van der Waals surface area (Å²) < 4.78 is 5.92. The molecule has 0 fully saturated rings. The molecule has 2 N–H and O–H groups in total. The molecule has 0 aliphatic carbocycles. The first-order chi connectivity index (χ1) is 6.15. The molecule has 5 heteroatoms. The second kappa shape index (κ2) is 3.93. The highest BCUT2D eigenvalue weighted by Crippen LogP contribution is 2.04. The van der Waals surface area contributed by atoms with Crippen molar-refractivity contribution < 1.29 is 9.94 Å². The van der Waals surface area contributed by atoms with E-state index in [1.165, 1.54) is 0 Å². The Kier molecular flexibility index (Phi) is 2.89. The predicted molar refractivity (Wildman–Crippen MR) is 45.8 cm³/mol. The third kappa shape index (κ3) is 2.21. The molecule has 0 amide bonds. The maximum absolute atomic E-state index is 9.17. The van der Waals surface area contributed by atoms with Gasteiger partial charge in [-0.15, -0.1) is 0 Å². The van der Waals surface area contributed by atoms with Gasteiger partial charge in [0.05, 0.1) is 12.3 Å². The number of nitrogens with zero attached hydrogens (tertiary/aromatic N) is 2. The van der Waals surface area contributed by atoms with Crippen LogP contribution in [-0.4, -0.2) is 21.5 Å². The Hall–Kier alpha value is -1.52. The summed E-state index contributed by atoms with van der Waals surface area (Å²) in [7, 11) is 0. The van der Waals surface area contributed by atoms with Crippen molar-refractivity contribution >= 4 is 0 Å². The minimum atomic E-state index is -0.217. The summed E-state index contributed by atoms with van der Waals surface area (Å²) in [6.07, 6.45) is 0.891. The predicted octanol–water partition coefficient (Wildman–Crippen LogP) is 0.697. The van der Waals surface area contributed by atoms with E-state index in [9.17, 15) is 0 Å². The smallest absolute Gasteiger partial charge is 0.258 e. The Labute approximate surface area is 76.1 Å². The van der Waals surface area contributed by atoms with Gasteiger partial charge in [-0.05, 0) is 13.3 Å². The van der Waals surface area contributed by atoms with E-state index in [0.29, 0.717) is 22.9 Å². The maximum Gasteiger partial charge on any atom is 0.258 e. The molecule has 1 heterocycles. The zero-order chi connectivity index (χ0) is 9.84. The van der Waals surface area contributed by atoms with E-state index in [1.807, 2.05) is 6.92 Å². The van der Waals surface area contributed by atoms with Crippen molar-refractivity contribution in [2.45, 2.75) is 20.3 Å². The van der Waals surface area contributed by atoms with Crippen LogP contribution >= 0.6 is 0 Å². The normalized spacial score (nSPS) is 10.0. The van der Waals surface area contributed by atoms with Crippen molar-refractivity contribution in [1.29, 1.82) is 5.41 Å². The molecule has 0 spiro atoms. The molecule has 1 rings (SSSR count). The van der Waals surface area contributed by atoms with Gasteiger partial charge < -0.3 is 9.94 Å². The summed E-state index contributed by atoms with van der Waals surface area (Å²) >= 11 is 0. The van der Waals surface area contributed by atoms with Crippen LogP contribution in [0.5, 0.6) is 5.88 Å². The molecule has 0 aromatic carbocycles. The molecular weight excluding hydrogens is 170 g/mol. The molecule has 0 aliphatic heterocycles. The highest BCUT2D eigenvalue weighted by Gasteiger charge is 2.01. The highest BCUT2D eigenvalue weighted by atomic mass is 16.5. The Morgan fingerprint density at radius 1 is 1.69 bits per heavy atom. The summed E-state index contributed by atoms with van der Waals surface area (Å²) in [6, 6.07) is 1.59. The number of hydrogen-bond donors (Lipinski definition) is 2. The second-order valence-corrected chi connectivity index (χ2v) is 2.72. The van der Waals surface area contributed by atoms with Gasteiger partial charge in [0.25, 0.3) is 5.62 Å². The molecule has 72 valence electrons. The molecular formula is C8H13N3O2. The van der Waals surface area contributed by atoms with E-state index >= 15 is 0 Å². The fourth-order valence-corrected chi connectivity index (χ4v) is 0.871. The lowest BCUT2D eigenvalue weighted by Gasteiger charge is -2.06. The number of rotatable bonds is 3. The lowest BCUT2D eigenvalue weighted by atomic mass is 10.4. The number of ether oxygens (including phenoxy) is 1. The third-order valence-corrected chi connectivity index (χ3v) is 1.54. The molecule has 0 radical (unpaired) electrons. The first kappa shape index (κ1) is 9.57. The first-order valence-corrected chi connectivity index (χ1v) is 4.12. The van der Waals surface area contributed by atoms with Gasteiger partial charge in [0, 0.05) is 6.07 Å². The van der Waals surface area contributed by atoms with Gasteiger partial charge in [-0.1, -0.05) is 6.92 Å². The number of hydrogen-bond acceptors (Lipinski definition) is 4. The Bertz CT molecular complexity index is 346. The van der Waals surface area contributed by atoms with Crippen LogP contribution in [0.15, 0.2) is 6.07 Å². The molecule has 0 bridgehead atoms. The van der Waals surface area contributed by atoms with Crippen LogP contribution in [0.1, 0.15) is 19.0 Å². The standard InChI is InChI=1S/C8H13N3O2/c1-3-4-13-7-5-6(2)11(12)8(9)10-7/h5,9,12H,3-4H2,1-2H3. The average Bonchev–Trinajstić information content (AvgIpc) is 2.10. The summed E-state index contributed by atoms with van der Waals surface area (Å²) in [5, 5.41) is 16.4. The van der Waals surface area contributed by atoms with E-state index in [1.54, 1.807) is 13.0 Å². The lowest BCUT2D eigenvalue weighted by Crippen LogP contribution is -2.23. The van der Waals surface area contributed by atoms with E-state index in [0.717, 1.165) is 6.42 Å². The van der Waals surface area contributed by atoms with Crippen LogP contribution in [0.4, 0.5) is 0 Å². The van der Waals surface area contributed by atoms with Crippen molar-refractivity contribution in [3.63, 3.8) is 0 Å².